The lowest BCUT2D eigenvalue weighted by molar-refractivity contribution is 0.0992. The molecule has 0 saturated heterocycles. The van der Waals surface area contributed by atoms with Crippen LogP contribution < -0.4 is 10.6 Å². The van der Waals surface area contributed by atoms with Crippen LogP contribution in [0.15, 0.2) is 18.2 Å². The molecule has 2 aromatic rings. The van der Waals surface area contributed by atoms with Crippen molar-refractivity contribution < 1.29 is 4.79 Å². The predicted molar refractivity (Wildman–Crippen MR) is 73.0 cm³/mol. The van der Waals surface area contributed by atoms with Crippen molar-refractivity contribution in [2.75, 3.05) is 17.7 Å². The van der Waals surface area contributed by atoms with E-state index in [1.165, 1.54) is 0 Å². The summed E-state index contributed by atoms with van der Waals surface area (Å²) < 4.78 is 0. The summed E-state index contributed by atoms with van der Waals surface area (Å²) in [4.78, 5) is 13.7. The van der Waals surface area contributed by atoms with Gasteiger partial charge in [0.25, 0.3) is 5.91 Å². The minimum absolute atomic E-state index is 0.200. The van der Waals surface area contributed by atoms with E-state index in [2.05, 4.69) is 16.3 Å². The van der Waals surface area contributed by atoms with E-state index in [0.717, 1.165) is 28.2 Å². The van der Waals surface area contributed by atoms with Crippen molar-refractivity contribution in [3.05, 3.63) is 34.3 Å². The first kappa shape index (κ1) is 12.5. The van der Waals surface area contributed by atoms with Crippen molar-refractivity contribution in [1.29, 1.82) is 0 Å². The summed E-state index contributed by atoms with van der Waals surface area (Å²) in [7, 11) is 1.72. The van der Waals surface area contributed by atoms with Crippen LogP contribution in [-0.4, -0.2) is 23.2 Å². The Bertz CT molecular complexity index is 573. The van der Waals surface area contributed by atoms with Gasteiger partial charge in [0.2, 0.25) is 10.1 Å². The Hall–Kier alpha value is -1.95. The molecule has 0 aliphatic heterocycles. The lowest BCUT2D eigenvalue weighted by Gasteiger charge is -2.16. The van der Waals surface area contributed by atoms with Crippen molar-refractivity contribution in [2.45, 2.75) is 13.8 Å². The van der Waals surface area contributed by atoms with E-state index >= 15 is 0 Å². The molecule has 0 bridgehead atoms. The molecule has 1 amide bonds. The van der Waals surface area contributed by atoms with Gasteiger partial charge < -0.3 is 10.6 Å². The Morgan fingerprint density at radius 3 is 2.33 bits per heavy atom. The van der Waals surface area contributed by atoms with Gasteiger partial charge in [0.1, 0.15) is 0 Å². The number of hydrogen-bond acceptors (Lipinski definition) is 5. The molecule has 18 heavy (non-hydrogen) atoms. The van der Waals surface area contributed by atoms with E-state index in [9.17, 15) is 4.79 Å². The fourth-order valence-electron chi connectivity index (χ4n) is 1.73. The Labute approximate surface area is 109 Å². The van der Waals surface area contributed by atoms with Crippen LogP contribution in [0.25, 0.3) is 0 Å². The van der Waals surface area contributed by atoms with Crippen molar-refractivity contribution in [3.63, 3.8) is 0 Å². The van der Waals surface area contributed by atoms with Gasteiger partial charge in [-0.3, -0.25) is 4.79 Å². The third-order valence-corrected chi connectivity index (χ3v) is 3.26. The van der Waals surface area contributed by atoms with Gasteiger partial charge in [-0.2, -0.15) is 0 Å². The average Bonchev–Trinajstić information content (AvgIpc) is 2.72. The van der Waals surface area contributed by atoms with E-state index in [0.29, 0.717) is 10.1 Å². The first-order valence-corrected chi connectivity index (χ1v) is 6.24. The molecule has 0 saturated carbocycles. The van der Waals surface area contributed by atoms with Crippen LogP contribution in [0, 0.1) is 13.8 Å². The molecule has 0 aliphatic rings. The number of hydrogen-bond donors (Lipinski definition) is 1. The van der Waals surface area contributed by atoms with E-state index in [1.54, 1.807) is 11.9 Å². The summed E-state index contributed by atoms with van der Waals surface area (Å²) in [6.07, 6.45) is 0. The summed E-state index contributed by atoms with van der Waals surface area (Å²) in [5, 5.41) is 8.01. The summed E-state index contributed by atoms with van der Waals surface area (Å²) in [6, 6.07) is 5.97. The second kappa shape index (κ2) is 4.73. The predicted octanol–water partition coefficient (Wildman–Crippen LogP) is 2.01. The number of nitrogen functional groups attached to an aromatic ring is 1. The maximum Gasteiger partial charge on any atom is 0.289 e. The molecule has 0 radical (unpaired) electrons. The van der Waals surface area contributed by atoms with Crippen LogP contribution in [-0.2, 0) is 0 Å². The number of nitrogens with zero attached hydrogens (tertiary/aromatic N) is 3. The molecule has 5 nitrogen and oxygen atoms in total. The summed E-state index contributed by atoms with van der Waals surface area (Å²) >= 11 is 1.09. The summed E-state index contributed by atoms with van der Waals surface area (Å²) in [5.41, 5.74) is 8.54. The van der Waals surface area contributed by atoms with Crippen LogP contribution in [0.4, 0.5) is 10.8 Å². The molecule has 1 aromatic carbocycles. The molecule has 1 heterocycles. The highest BCUT2D eigenvalue weighted by molar-refractivity contribution is 7.17. The smallest absolute Gasteiger partial charge is 0.289 e. The number of anilines is 2. The van der Waals surface area contributed by atoms with Gasteiger partial charge in [0.15, 0.2) is 0 Å². The highest BCUT2D eigenvalue weighted by Gasteiger charge is 2.18. The molecule has 0 unspecified atom stereocenters. The monoisotopic (exact) mass is 262 g/mol. The highest BCUT2D eigenvalue weighted by atomic mass is 32.1. The summed E-state index contributed by atoms with van der Waals surface area (Å²) in [6.45, 7) is 4.00. The SMILES string of the molecule is Cc1cc(C)cc(N(C)C(=O)c2nnc(N)s2)c1. The molecule has 94 valence electrons. The molecule has 0 spiro atoms. The van der Waals surface area contributed by atoms with Crippen LogP contribution in [0.1, 0.15) is 20.9 Å². The first-order valence-electron chi connectivity index (χ1n) is 5.42. The lowest BCUT2D eigenvalue weighted by atomic mass is 10.1. The average molecular weight is 262 g/mol. The van der Waals surface area contributed by atoms with Crippen LogP contribution in [0.2, 0.25) is 0 Å². The highest BCUT2D eigenvalue weighted by Crippen LogP contribution is 2.21. The van der Waals surface area contributed by atoms with Gasteiger partial charge >= 0.3 is 0 Å². The molecular formula is C12H14N4OS. The zero-order valence-corrected chi connectivity index (χ0v) is 11.3. The lowest BCUT2D eigenvalue weighted by Crippen LogP contribution is -2.26. The van der Waals surface area contributed by atoms with Gasteiger partial charge in [-0.05, 0) is 37.1 Å². The quantitative estimate of drug-likeness (QED) is 0.898. The van der Waals surface area contributed by atoms with Gasteiger partial charge in [-0.15, -0.1) is 10.2 Å². The maximum atomic E-state index is 12.2. The second-order valence-electron chi connectivity index (χ2n) is 4.16. The number of benzene rings is 1. The first-order chi connectivity index (χ1) is 8.47. The molecule has 0 aliphatic carbocycles. The van der Waals surface area contributed by atoms with Crippen LogP contribution >= 0.6 is 11.3 Å². The van der Waals surface area contributed by atoms with Crippen molar-refractivity contribution in [2.24, 2.45) is 0 Å². The number of nitrogens with two attached hydrogens (primary N) is 1. The molecule has 0 atom stereocenters. The van der Waals surface area contributed by atoms with E-state index in [1.807, 2.05) is 26.0 Å². The zero-order valence-electron chi connectivity index (χ0n) is 10.5. The Morgan fingerprint density at radius 2 is 1.83 bits per heavy atom. The van der Waals surface area contributed by atoms with Gasteiger partial charge in [0, 0.05) is 12.7 Å². The standard InChI is InChI=1S/C12H14N4OS/c1-7-4-8(2)6-9(5-7)16(3)11(17)10-14-15-12(13)18-10/h4-6H,1-3H3,(H2,13,15). The fraction of sp³-hybridized carbons (Fsp3) is 0.250. The Morgan fingerprint density at radius 1 is 1.22 bits per heavy atom. The van der Waals surface area contributed by atoms with Crippen molar-refractivity contribution >= 4 is 28.1 Å². The van der Waals surface area contributed by atoms with E-state index in [-0.39, 0.29) is 5.91 Å². The Kier molecular flexibility index (Phi) is 3.29. The van der Waals surface area contributed by atoms with E-state index < -0.39 is 0 Å². The van der Waals surface area contributed by atoms with Crippen molar-refractivity contribution in [1.82, 2.24) is 10.2 Å². The molecule has 1 aromatic heterocycles. The molecule has 6 heteroatoms. The molecule has 2 N–H and O–H groups in total. The van der Waals surface area contributed by atoms with E-state index in [4.69, 9.17) is 5.73 Å². The van der Waals surface area contributed by atoms with Gasteiger partial charge in [-0.25, -0.2) is 0 Å². The second-order valence-corrected chi connectivity index (χ2v) is 5.16. The minimum atomic E-state index is -0.200. The zero-order chi connectivity index (χ0) is 13.3. The fourth-order valence-corrected chi connectivity index (χ4v) is 2.31. The van der Waals surface area contributed by atoms with Crippen LogP contribution in [0.5, 0.6) is 0 Å². The molecular weight excluding hydrogens is 248 g/mol. The molecule has 2 rings (SSSR count). The summed E-state index contributed by atoms with van der Waals surface area (Å²) in [5.74, 6) is -0.200. The number of aryl methyl sites for hydroxylation is 2. The normalized spacial score (nSPS) is 10.4. The molecule has 0 fully saturated rings. The van der Waals surface area contributed by atoms with Gasteiger partial charge in [-0.1, -0.05) is 17.4 Å². The minimum Gasteiger partial charge on any atom is -0.374 e. The number of amides is 1. The maximum absolute atomic E-state index is 12.2. The van der Waals surface area contributed by atoms with Gasteiger partial charge in [0.05, 0.1) is 0 Å². The topological polar surface area (TPSA) is 72.1 Å². The third kappa shape index (κ3) is 2.48. The van der Waals surface area contributed by atoms with Crippen molar-refractivity contribution in [3.8, 4) is 0 Å². The largest absolute Gasteiger partial charge is 0.374 e. The Balaban J connectivity index is 2.30. The van der Waals surface area contributed by atoms with Crippen LogP contribution in [0.3, 0.4) is 0 Å². The number of aromatic nitrogens is 2. The number of carbonyl (C=O) groups excluding carboxylic acids is 1. The number of rotatable bonds is 2. The third-order valence-electron chi connectivity index (χ3n) is 2.52. The number of carbonyl (C=O) groups is 1.